The van der Waals surface area contributed by atoms with Gasteiger partial charge in [-0.2, -0.15) is 0 Å². The van der Waals surface area contributed by atoms with E-state index < -0.39 is 6.10 Å². The fourth-order valence-electron chi connectivity index (χ4n) is 3.16. The van der Waals surface area contributed by atoms with E-state index in [0.29, 0.717) is 32.6 Å². The van der Waals surface area contributed by atoms with Crippen molar-refractivity contribution < 1.29 is 14.3 Å². The van der Waals surface area contributed by atoms with Gasteiger partial charge in [0.25, 0.3) is 5.91 Å². The molecule has 28 heavy (non-hydrogen) atoms. The van der Waals surface area contributed by atoms with Crippen molar-refractivity contribution in [3.05, 3.63) is 81.8 Å². The average Bonchev–Trinajstić information content (AvgIpc) is 2.96. The fourth-order valence-corrected chi connectivity index (χ4v) is 3.62. The SMILES string of the molecule is C[C@H](Oc1ccc(Cl)cc1Cl)C(=O)Nc1ccc2c(c1)C(=O)c1ccccc1-2. The number of carbonyl (C=O) groups excluding carboxylic acids is 2. The molecule has 0 aliphatic heterocycles. The van der Waals surface area contributed by atoms with Crippen molar-refractivity contribution in [1.82, 2.24) is 0 Å². The molecule has 4 rings (SSSR count). The van der Waals surface area contributed by atoms with Crippen LogP contribution in [0.2, 0.25) is 10.0 Å². The summed E-state index contributed by atoms with van der Waals surface area (Å²) < 4.78 is 5.63. The van der Waals surface area contributed by atoms with E-state index >= 15 is 0 Å². The molecule has 0 bridgehead atoms. The van der Waals surface area contributed by atoms with E-state index in [2.05, 4.69) is 5.32 Å². The maximum atomic E-state index is 12.6. The van der Waals surface area contributed by atoms with E-state index in [1.54, 1.807) is 37.3 Å². The van der Waals surface area contributed by atoms with Gasteiger partial charge in [-0.3, -0.25) is 9.59 Å². The molecule has 0 radical (unpaired) electrons. The minimum Gasteiger partial charge on any atom is -0.479 e. The molecule has 0 fully saturated rings. The van der Waals surface area contributed by atoms with Gasteiger partial charge < -0.3 is 10.1 Å². The molecule has 1 N–H and O–H groups in total. The lowest BCUT2D eigenvalue weighted by molar-refractivity contribution is -0.122. The zero-order valence-corrected chi connectivity index (χ0v) is 16.3. The molecule has 1 amide bonds. The molecule has 0 spiro atoms. The van der Waals surface area contributed by atoms with Gasteiger partial charge in [0.2, 0.25) is 0 Å². The number of fused-ring (bicyclic) bond motifs is 3. The zero-order valence-electron chi connectivity index (χ0n) is 14.8. The number of rotatable bonds is 4. The summed E-state index contributed by atoms with van der Waals surface area (Å²) >= 11 is 12.0. The van der Waals surface area contributed by atoms with Gasteiger partial charge in [-0.1, -0.05) is 53.5 Å². The summed E-state index contributed by atoms with van der Waals surface area (Å²) in [6.07, 6.45) is -0.792. The van der Waals surface area contributed by atoms with E-state index in [1.165, 1.54) is 0 Å². The van der Waals surface area contributed by atoms with E-state index in [0.717, 1.165) is 11.1 Å². The van der Waals surface area contributed by atoms with Crippen LogP contribution in [0.25, 0.3) is 11.1 Å². The largest absolute Gasteiger partial charge is 0.479 e. The molecule has 1 atom stereocenters. The van der Waals surface area contributed by atoms with Crippen LogP contribution in [0.15, 0.2) is 60.7 Å². The van der Waals surface area contributed by atoms with Gasteiger partial charge in [0, 0.05) is 21.8 Å². The highest BCUT2D eigenvalue weighted by atomic mass is 35.5. The molecule has 4 nitrogen and oxygen atoms in total. The lowest BCUT2D eigenvalue weighted by Crippen LogP contribution is -2.30. The predicted molar refractivity (Wildman–Crippen MR) is 110 cm³/mol. The Morgan fingerprint density at radius 2 is 1.64 bits per heavy atom. The number of amides is 1. The highest BCUT2D eigenvalue weighted by Crippen LogP contribution is 2.37. The molecule has 0 saturated carbocycles. The molecule has 140 valence electrons. The van der Waals surface area contributed by atoms with Crippen molar-refractivity contribution in [3.63, 3.8) is 0 Å². The van der Waals surface area contributed by atoms with Crippen LogP contribution < -0.4 is 10.1 Å². The van der Waals surface area contributed by atoms with Gasteiger partial charge in [0.05, 0.1) is 5.02 Å². The van der Waals surface area contributed by atoms with Gasteiger partial charge in [-0.25, -0.2) is 0 Å². The number of hydrogen-bond donors (Lipinski definition) is 1. The molecule has 3 aromatic rings. The topological polar surface area (TPSA) is 55.4 Å². The van der Waals surface area contributed by atoms with E-state index in [-0.39, 0.29) is 11.7 Å². The molecule has 3 aromatic carbocycles. The number of ether oxygens (including phenoxy) is 1. The molecule has 0 unspecified atom stereocenters. The number of halogens is 2. The maximum absolute atomic E-state index is 12.6. The Bertz CT molecular complexity index is 1110. The van der Waals surface area contributed by atoms with E-state index in [4.69, 9.17) is 27.9 Å². The van der Waals surface area contributed by atoms with Crippen LogP contribution in [-0.4, -0.2) is 17.8 Å². The van der Waals surface area contributed by atoms with Gasteiger partial charge in [-0.05, 0) is 48.4 Å². The second-order valence-electron chi connectivity index (χ2n) is 6.46. The highest BCUT2D eigenvalue weighted by Gasteiger charge is 2.26. The van der Waals surface area contributed by atoms with Gasteiger partial charge in [0.15, 0.2) is 11.9 Å². The Hall–Kier alpha value is -2.82. The quantitative estimate of drug-likeness (QED) is 0.474. The number of ketones is 1. The first-order chi connectivity index (χ1) is 13.4. The monoisotopic (exact) mass is 411 g/mol. The Balaban J connectivity index is 1.50. The second kappa shape index (κ2) is 7.30. The van der Waals surface area contributed by atoms with Gasteiger partial charge in [0.1, 0.15) is 5.75 Å². The van der Waals surface area contributed by atoms with E-state index in [9.17, 15) is 9.59 Å². The number of benzene rings is 3. The van der Waals surface area contributed by atoms with Crippen LogP contribution in [0.4, 0.5) is 5.69 Å². The Labute approximate surface area is 172 Å². The number of carbonyl (C=O) groups is 2. The summed E-state index contributed by atoms with van der Waals surface area (Å²) in [5.74, 6) is -0.0267. The summed E-state index contributed by atoms with van der Waals surface area (Å²) in [7, 11) is 0. The number of anilines is 1. The van der Waals surface area contributed by atoms with E-state index in [1.807, 2.05) is 30.3 Å². The minimum atomic E-state index is -0.792. The highest BCUT2D eigenvalue weighted by molar-refractivity contribution is 6.35. The van der Waals surface area contributed by atoms with Crippen LogP contribution in [0.5, 0.6) is 5.75 Å². The first-order valence-corrected chi connectivity index (χ1v) is 9.40. The molecular weight excluding hydrogens is 397 g/mol. The van der Waals surface area contributed by atoms with Crippen molar-refractivity contribution in [2.75, 3.05) is 5.32 Å². The third-order valence-corrected chi connectivity index (χ3v) is 5.09. The number of hydrogen-bond acceptors (Lipinski definition) is 3. The maximum Gasteiger partial charge on any atom is 0.265 e. The standard InChI is InChI=1S/C22H15Cl2NO3/c1-12(28-20-9-6-13(23)10-19(20)24)22(27)25-14-7-8-16-15-4-2-3-5-17(15)21(26)18(16)11-14/h2-12H,1H3,(H,25,27)/t12-/m0/s1. The molecule has 6 heteroatoms. The van der Waals surface area contributed by atoms with Crippen LogP contribution in [-0.2, 0) is 4.79 Å². The van der Waals surface area contributed by atoms with Gasteiger partial charge >= 0.3 is 0 Å². The molecule has 0 saturated heterocycles. The van der Waals surface area contributed by atoms with Crippen molar-refractivity contribution in [1.29, 1.82) is 0 Å². The van der Waals surface area contributed by atoms with Crippen molar-refractivity contribution in [2.24, 2.45) is 0 Å². The van der Waals surface area contributed by atoms with Crippen LogP contribution >= 0.6 is 23.2 Å². The summed E-state index contributed by atoms with van der Waals surface area (Å²) in [5, 5.41) is 3.60. The smallest absolute Gasteiger partial charge is 0.265 e. The van der Waals surface area contributed by atoms with Crippen molar-refractivity contribution in [3.8, 4) is 16.9 Å². The van der Waals surface area contributed by atoms with Crippen molar-refractivity contribution >= 4 is 40.6 Å². The molecular formula is C22H15Cl2NO3. The second-order valence-corrected chi connectivity index (χ2v) is 7.30. The van der Waals surface area contributed by atoms with Gasteiger partial charge in [-0.15, -0.1) is 0 Å². The lowest BCUT2D eigenvalue weighted by atomic mass is 10.1. The third-order valence-electron chi connectivity index (χ3n) is 4.56. The fraction of sp³-hybridized carbons (Fsp3) is 0.0909. The normalized spacial score (nSPS) is 12.9. The summed E-state index contributed by atoms with van der Waals surface area (Å²) in [4.78, 5) is 25.1. The predicted octanol–water partition coefficient (Wildman–Crippen LogP) is 5.61. The van der Waals surface area contributed by atoms with Crippen LogP contribution in [0.1, 0.15) is 22.8 Å². The summed E-state index contributed by atoms with van der Waals surface area (Å²) in [6, 6.07) is 17.6. The van der Waals surface area contributed by atoms with Crippen LogP contribution in [0.3, 0.4) is 0 Å². The Morgan fingerprint density at radius 3 is 2.39 bits per heavy atom. The summed E-state index contributed by atoms with van der Waals surface area (Å²) in [6.45, 7) is 1.62. The Morgan fingerprint density at radius 1 is 0.929 bits per heavy atom. The minimum absolute atomic E-state index is 0.0426. The number of nitrogens with one attached hydrogen (secondary N) is 1. The first kappa shape index (κ1) is 18.5. The average molecular weight is 412 g/mol. The zero-order chi connectivity index (χ0) is 19.8. The first-order valence-electron chi connectivity index (χ1n) is 8.65. The lowest BCUT2D eigenvalue weighted by Gasteiger charge is -2.16. The third kappa shape index (κ3) is 3.37. The van der Waals surface area contributed by atoms with Crippen LogP contribution in [0, 0.1) is 0 Å². The molecule has 1 aliphatic carbocycles. The summed E-state index contributed by atoms with van der Waals surface area (Å²) in [5.41, 5.74) is 3.57. The molecule has 0 heterocycles. The molecule has 0 aromatic heterocycles. The van der Waals surface area contributed by atoms with Crippen molar-refractivity contribution in [2.45, 2.75) is 13.0 Å². The Kier molecular flexibility index (Phi) is 4.84. The molecule has 1 aliphatic rings.